The Bertz CT molecular complexity index is 873. The molecule has 0 bridgehead atoms. The minimum Gasteiger partial charge on any atom is -0.309 e. The molecule has 0 saturated heterocycles. The largest absolute Gasteiger partial charge is 0.416 e. The first kappa shape index (κ1) is 16.8. The molecule has 1 amide bonds. The van der Waals surface area contributed by atoms with Crippen LogP contribution in [0.1, 0.15) is 11.1 Å². The van der Waals surface area contributed by atoms with E-state index in [0.29, 0.717) is 5.82 Å². The highest BCUT2D eigenvalue weighted by molar-refractivity contribution is 5.91. The Morgan fingerprint density at radius 3 is 2.52 bits per heavy atom. The molecule has 2 aromatic carbocycles. The van der Waals surface area contributed by atoms with E-state index in [4.69, 9.17) is 0 Å². The predicted molar refractivity (Wildman–Crippen MR) is 87.3 cm³/mol. The van der Waals surface area contributed by atoms with E-state index in [9.17, 15) is 18.0 Å². The molecule has 0 aliphatic heterocycles. The zero-order valence-electron chi connectivity index (χ0n) is 13.0. The number of nitrogens with one attached hydrogen (secondary N) is 1. The normalized spacial score (nSPS) is 11.3. The Kier molecular flexibility index (Phi) is 4.56. The smallest absolute Gasteiger partial charge is 0.309 e. The summed E-state index contributed by atoms with van der Waals surface area (Å²) in [5.74, 6) is -0.0986. The Morgan fingerprint density at radius 1 is 1.04 bits per heavy atom. The van der Waals surface area contributed by atoms with Crippen LogP contribution < -0.4 is 5.32 Å². The molecule has 25 heavy (non-hydrogen) atoms. The number of amides is 1. The van der Waals surface area contributed by atoms with Crippen LogP contribution in [0.3, 0.4) is 0 Å². The van der Waals surface area contributed by atoms with Gasteiger partial charge in [-0.1, -0.05) is 36.4 Å². The van der Waals surface area contributed by atoms with Gasteiger partial charge in [-0.3, -0.25) is 4.79 Å². The summed E-state index contributed by atoms with van der Waals surface area (Å²) in [6.45, 7) is 0. The lowest BCUT2D eigenvalue weighted by Crippen LogP contribution is -2.15. The maximum atomic E-state index is 12.7. The molecule has 0 aliphatic rings. The minimum absolute atomic E-state index is 0.165. The van der Waals surface area contributed by atoms with E-state index in [-0.39, 0.29) is 12.0 Å². The van der Waals surface area contributed by atoms with Crippen LogP contribution in [-0.2, 0) is 17.4 Å². The number of rotatable bonds is 4. The predicted octanol–water partition coefficient (Wildman–Crippen LogP) is 4.07. The lowest BCUT2D eigenvalue weighted by molar-refractivity contribution is -0.137. The third kappa shape index (κ3) is 4.26. The third-order valence-corrected chi connectivity index (χ3v) is 3.50. The third-order valence-electron chi connectivity index (χ3n) is 3.50. The van der Waals surface area contributed by atoms with Crippen molar-refractivity contribution in [3.05, 3.63) is 78.0 Å². The molecule has 1 N–H and O–H groups in total. The standard InChI is InChI=1S/C18H14F3N3O/c19-18(20,21)14-6-4-5-13(11-14)12-17(25)22-16-9-10-24(23-16)15-7-2-1-3-8-15/h1-11H,12H2,(H,22,23,25). The number of halogens is 3. The quantitative estimate of drug-likeness (QED) is 0.775. The Hall–Kier alpha value is -3.09. The van der Waals surface area contributed by atoms with Gasteiger partial charge in [-0.05, 0) is 23.8 Å². The molecule has 3 aromatic rings. The number of carbonyl (C=O) groups excluding carboxylic acids is 1. The van der Waals surface area contributed by atoms with E-state index < -0.39 is 17.6 Å². The fourth-order valence-corrected chi connectivity index (χ4v) is 2.35. The molecule has 0 aliphatic carbocycles. The number of hydrogen-bond donors (Lipinski definition) is 1. The minimum atomic E-state index is -4.43. The van der Waals surface area contributed by atoms with Crippen LogP contribution in [-0.4, -0.2) is 15.7 Å². The summed E-state index contributed by atoms with van der Waals surface area (Å²) in [6, 6.07) is 15.7. The highest BCUT2D eigenvalue weighted by Gasteiger charge is 2.30. The summed E-state index contributed by atoms with van der Waals surface area (Å²) >= 11 is 0. The molecule has 0 atom stereocenters. The molecule has 0 spiro atoms. The van der Waals surface area contributed by atoms with Crippen molar-refractivity contribution in [2.45, 2.75) is 12.6 Å². The van der Waals surface area contributed by atoms with E-state index in [1.54, 1.807) is 16.9 Å². The van der Waals surface area contributed by atoms with Gasteiger partial charge >= 0.3 is 6.18 Å². The lowest BCUT2D eigenvalue weighted by atomic mass is 10.1. The average molecular weight is 345 g/mol. The topological polar surface area (TPSA) is 46.9 Å². The van der Waals surface area contributed by atoms with Crippen LogP contribution in [0, 0.1) is 0 Å². The van der Waals surface area contributed by atoms with Gasteiger partial charge in [0.05, 0.1) is 17.7 Å². The van der Waals surface area contributed by atoms with E-state index >= 15 is 0 Å². The van der Waals surface area contributed by atoms with Gasteiger partial charge in [0.1, 0.15) is 0 Å². The van der Waals surface area contributed by atoms with Gasteiger partial charge in [0.15, 0.2) is 5.82 Å². The summed E-state index contributed by atoms with van der Waals surface area (Å²) in [6.07, 6.45) is -2.90. The van der Waals surface area contributed by atoms with E-state index in [2.05, 4.69) is 10.4 Å². The van der Waals surface area contributed by atoms with Crippen molar-refractivity contribution >= 4 is 11.7 Å². The van der Waals surface area contributed by atoms with Gasteiger partial charge in [-0.25, -0.2) is 4.68 Å². The highest BCUT2D eigenvalue weighted by atomic mass is 19.4. The molecule has 4 nitrogen and oxygen atoms in total. The molecule has 3 rings (SSSR count). The Morgan fingerprint density at radius 2 is 1.80 bits per heavy atom. The molecule has 1 heterocycles. The molecular formula is C18H14F3N3O. The van der Waals surface area contributed by atoms with Crippen molar-refractivity contribution in [2.24, 2.45) is 0 Å². The van der Waals surface area contributed by atoms with Gasteiger partial charge < -0.3 is 5.32 Å². The van der Waals surface area contributed by atoms with Crippen LogP contribution >= 0.6 is 0 Å². The molecular weight excluding hydrogens is 331 g/mol. The molecule has 1 aromatic heterocycles. The summed E-state index contributed by atoms with van der Waals surface area (Å²) in [4.78, 5) is 12.0. The van der Waals surface area contributed by atoms with E-state index in [1.165, 1.54) is 12.1 Å². The molecule has 0 unspecified atom stereocenters. The van der Waals surface area contributed by atoms with Crippen molar-refractivity contribution in [3.63, 3.8) is 0 Å². The van der Waals surface area contributed by atoms with Crippen molar-refractivity contribution in [1.82, 2.24) is 9.78 Å². The zero-order chi connectivity index (χ0) is 17.9. The summed E-state index contributed by atoms with van der Waals surface area (Å²) in [5.41, 5.74) is 0.349. The van der Waals surface area contributed by atoms with Crippen molar-refractivity contribution in [2.75, 3.05) is 5.32 Å². The highest BCUT2D eigenvalue weighted by Crippen LogP contribution is 2.29. The van der Waals surface area contributed by atoms with Crippen LogP contribution in [0.2, 0.25) is 0 Å². The number of hydrogen-bond acceptors (Lipinski definition) is 2. The van der Waals surface area contributed by atoms with E-state index in [1.807, 2.05) is 30.3 Å². The molecule has 0 radical (unpaired) electrons. The van der Waals surface area contributed by atoms with Crippen LogP contribution in [0.4, 0.5) is 19.0 Å². The van der Waals surface area contributed by atoms with Gasteiger partial charge in [-0.15, -0.1) is 0 Å². The zero-order valence-corrected chi connectivity index (χ0v) is 13.0. The summed E-state index contributed by atoms with van der Waals surface area (Å²) in [5, 5.41) is 6.81. The summed E-state index contributed by atoms with van der Waals surface area (Å²) < 4.78 is 39.7. The van der Waals surface area contributed by atoms with Gasteiger partial charge in [0.2, 0.25) is 5.91 Å². The average Bonchev–Trinajstić information content (AvgIpc) is 3.03. The fourth-order valence-electron chi connectivity index (χ4n) is 2.35. The number of benzene rings is 2. The Balaban J connectivity index is 1.67. The number of carbonyl (C=O) groups is 1. The number of alkyl halides is 3. The van der Waals surface area contributed by atoms with Crippen LogP contribution in [0.5, 0.6) is 0 Å². The van der Waals surface area contributed by atoms with Crippen LogP contribution in [0.25, 0.3) is 5.69 Å². The second-order valence-corrected chi connectivity index (χ2v) is 5.40. The van der Waals surface area contributed by atoms with Gasteiger partial charge in [-0.2, -0.15) is 18.3 Å². The lowest BCUT2D eigenvalue weighted by Gasteiger charge is -2.08. The number of para-hydroxylation sites is 1. The SMILES string of the molecule is O=C(Cc1cccc(C(F)(F)F)c1)Nc1ccn(-c2ccccc2)n1. The maximum absolute atomic E-state index is 12.7. The number of anilines is 1. The van der Waals surface area contributed by atoms with Gasteiger partial charge in [0, 0.05) is 12.3 Å². The first-order valence-corrected chi connectivity index (χ1v) is 7.49. The second kappa shape index (κ2) is 6.80. The number of nitrogens with zero attached hydrogens (tertiary/aromatic N) is 2. The molecule has 128 valence electrons. The Labute approximate surface area is 141 Å². The summed E-state index contributed by atoms with van der Waals surface area (Å²) in [7, 11) is 0. The molecule has 0 saturated carbocycles. The first-order chi connectivity index (χ1) is 11.9. The van der Waals surface area contributed by atoms with Gasteiger partial charge in [0.25, 0.3) is 0 Å². The molecule has 7 heteroatoms. The fraction of sp³-hybridized carbons (Fsp3) is 0.111. The monoisotopic (exact) mass is 345 g/mol. The van der Waals surface area contributed by atoms with E-state index in [0.717, 1.165) is 17.8 Å². The van der Waals surface area contributed by atoms with Crippen molar-refractivity contribution < 1.29 is 18.0 Å². The second-order valence-electron chi connectivity index (χ2n) is 5.40. The van der Waals surface area contributed by atoms with Crippen molar-refractivity contribution in [1.29, 1.82) is 0 Å². The van der Waals surface area contributed by atoms with Crippen molar-refractivity contribution in [3.8, 4) is 5.69 Å². The molecule has 0 fully saturated rings. The number of aromatic nitrogens is 2. The maximum Gasteiger partial charge on any atom is 0.416 e. The first-order valence-electron chi connectivity index (χ1n) is 7.49. The van der Waals surface area contributed by atoms with Crippen LogP contribution in [0.15, 0.2) is 66.9 Å².